The Morgan fingerprint density at radius 3 is 1.46 bits per heavy atom. The maximum Gasteiger partial charge on any atom is 0.243 e. The summed E-state index contributed by atoms with van der Waals surface area (Å²) in [6, 6.07) is 6.18. The molecular formula is C57H92N14O9. The summed E-state index contributed by atoms with van der Waals surface area (Å²) in [5.41, 5.74) is 32.2. The Morgan fingerprint density at radius 1 is 0.537 bits per heavy atom. The number of amides is 8. The molecule has 0 spiro atoms. The van der Waals surface area contributed by atoms with Gasteiger partial charge in [-0.25, -0.2) is 4.98 Å². The van der Waals surface area contributed by atoms with E-state index in [1.807, 2.05) is 65.0 Å². The second-order valence-corrected chi connectivity index (χ2v) is 21.5. The highest BCUT2D eigenvalue weighted by molar-refractivity contribution is 5.98. The van der Waals surface area contributed by atoms with E-state index in [9.17, 15) is 43.5 Å². The van der Waals surface area contributed by atoms with Crippen LogP contribution < -0.4 is 65.9 Å². The summed E-state index contributed by atoms with van der Waals surface area (Å²) >= 11 is 0. The van der Waals surface area contributed by atoms with Crippen LogP contribution in [0, 0.1) is 17.8 Å². The van der Waals surface area contributed by atoms with Crippen molar-refractivity contribution < 1.29 is 43.5 Å². The van der Waals surface area contributed by atoms with Crippen LogP contribution in [0.1, 0.15) is 130 Å². The van der Waals surface area contributed by atoms with Crippen LogP contribution >= 0.6 is 0 Å². The van der Waals surface area contributed by atoms with Gasteiger partial charge in [0.05, 0.1) is 18.1 Å². The van der Waals surface area contributed by atoms with Crippen molar-refractivity contribution in [2.75, 3.05) is 19.6 Å². The van der Waals surface area contributed by atoms with E-state index in [1.165, 1.54) is 18.5 Å². The van der Waals surface area contributed by atoms with Gasteiger partial charge in [0.2, 0.25) is 47.3 Å². The van der Waals surface area contributed by atoms with Gasteiger partial charge in [-0.2, -0.15) is 0 Å². The van der Waals surface area contributed by atoms with E-state index in [2.05, 4.69) is 47.2 Å². The van der Waals surface area contributed by atoms with Crippen LogP contribution in [0.15, 0.2) is 60.9 Å². The third-order valence-electron chi connectivity index (χ3n) is 13.8. The molecule has 9 atom stereocenters. The minimum absolute atomic E-state index is 0.00928. The fourth-order valence-electron chi connectivity index (χ4n) is 9.00. The van der Waals surface area contributed by atoms with Gasteiger partial charge in [0.15, 0.2) is 0 Å². The molecule has 1 heterocycles. The van der Waals surface area contributed by atoms with Crippen molar-refractivity contribution in [2.45, 2.75) is 180 Å². The Kier molecular flexibility index (Phi) is 30.0. The SMILES string of the molecule is CC[C@H](C)[C@H](NC(=O)[C@H](CCCCN)NC(=O)[C@H](CCCCN)NC(=O)[C@@H](N)Cc1[nH]cnc1-c1ccccc1)C(=O)N[C@@H](CC(C)C)C(=O)N[C@@H](CCCCN)C(=O)N[C@@H](Cc1ccc(O)cc1)C(=O)N[C@@H](CC(C)C)C(N)=O. The number of benzene rings is 2. The number of carbonyl (C=O) groups is 8. The topological polar surface area (TPSA) is 400 Å². The number of phenols is 1. The van der Waals surface area contributed by atoms with E-state index in [1.54, 1.807) is 19.1 Å². The molecule has 0 fully saturated rings. The second-order valence-electron chi connectivity index (χ2n) is 21.5. The van der Waals surface area contributed by atoms with Crippen LogP contribution in [0.2, 0.25) is 0 Å². The average Bonchev–Trinajstić information content (AvgIpc) is 3.89. The predicted octanol–water partition coefficient (Wildman–Crippen LogP) is 1.30. The summed E-state index contributed by atoms with van der Waals surface area (Å²) in [5.74, 6) is -6.11. The minimum atomic E-state index is -1.25. The number of unbranched alkanes of at least 4 members (excludes halogenated alkanes) is 3. The highest BCUT2D eigenvalue weighted by Crippen LogP contribution is 2.21. The van der Waals surface area contributed by atoms with Crippen LogP contribution in [-0.2, 0) is 51.2 Å². The molecule has 0 bridgehead atoms. The van der Waals surface area contributed by atoms with Gasteiger partial charge in [0, 0.05) is 24.1 Å². The van der Waals surface area contributed by atoms with Crippen LogP contribution in [0.3, 0.4) is 0 Å². The van der Waals surface area contributed by atoms with E-state index in [0.717, 1.165) is 5.56 Å². The number of nitrogens with one attached hydrogen (secondary N) is 8. The molecule has 2 aromatic carbocycles. The number of rotatable bonds is 38. The Balaban J connectivity index is 1.87. The molecule has 0 aliphatic carbocycles. The maximum atomic E-state index is 14.5. The second kappa shape index (κ2) is 35.6. The van der Waals surface area contributed by atoms with Crippen molar-refractivity contribution in [3.05, 3.63) is 72.2 Å². The van der Waals surface area contributed by atoms with Crippen molar-refractivity contribution in [1.82, 2.24) is 47.2 Å². The molecule has 80 heavy (non-hydrogen) atoms. The number of aromatic hydroxyl groups is 1. The van der Waals surface area contributed by atoms with E-state index in [4.69, 9.17) is 28.7 Å². The van der Waals surface area contributed by atoms with Gasteiger partial charge in [0.25, 0.3) is 0 Å². The zero-order valence-electron chi connectivity index (χ0n) is 47.7. The summed E-state index contributed by atoms with van der Waals surface area (Å²) < 4.78 is 0. The van der Waals surface area contributed by atoms with E-state index < -0.39 is 102 Å². The largest absolute Gasteiger partial charge is 0.508 e. The highest BCUT2D eigenvalue weighted by Gasteiger charge is 2.36. The number of nitrogens with two attached hydrogens (primary N) is 5. The van der Waals surface area contributed by atoms with Crippen molar-refractivity contribution in [2.24, 2.45) is 46.4 Å². The van der Waals surface area contributed by atoms with Crippen LogP contribution in [0.5, 0.6) is 5.75 Å². The minimum Gasteiger partial charge on any atom is -0.508 e. The van der Waals surface area contributed by atoms with E-state index in [-0.39, 0.29) is 62.5 Å². The van der Waals surface area contributed by atoms with Gasteiger partial charge in [-0.3, -0.25) is 38.4 Å². The summed E-state index contributed by atoms with van der Waals surface area (Å²) in [5, 5.41) is 29.5. The molecule has 23 nitrogen and oxygen atoms in total. The zero-order valence-corrected chi connectivity index (χ0v) is 47.7. The summed E-state index contributed by atoms with van der Waals surface area (Å²) in [7, 11) is 0. The average molecular weight is 1120 g/mol. The third-order valence-corrected chi connectivity index (χ3v) is 13.8. The smallest absolute Gasteiger partial charge is 0.243 e. The number of aromatic nitrogens is 2. The number of nitrogens with zero attached hydrogens (tertiary/aromatic N) is 1. The molecule has 444 valence electrons. The molecule has 0 radical (unpaired) electrons. The van der Waals surface area contributed by atoms with Crippen molar-refractivity contribution in [3.8, 4) is 17.0 Å². The van der Waals surface area contributed by atoms with Gasteiger partial charge < -0.3 is 76.0 Å². The molecule has 1 aromatic heterocycles. The molecule has 0 saturated heterocycles. The first-order valence-electron chi connectivity index (χ1n) is 28.3. The number of H-pyrrole nitrogens is 1. The molecular weight excluding hydrogens is 1020 g/mol. The summed E-state index contributed by atoms with van der Waals surface area (Å²) in [6.07, 6.45) is 5.69. The lowest BCUT2D eigenvalue weighted by Gasteiger charge is -2.30. The number of primary amides is 1. The molecule has 3 aromatic rings. The number of carbonyl (C=O) groups excluding carboxylic acids is 8. The van der Waals surface area contributed by atoms with Crippen LogP contribution in [-0.4, -0.2) is 130 Å². The number of hydrogen-bond acceptors (Lipinski definition) is 14. The van der Waals surface area contributed by atoms with E-state index >= 15 is 0 Å². The zero-order chi connectivity index (χ0) is 59.3. The number of hydrogen-bond donors (Lipinski definition) is 14. The number of phenolic OH excluding ortho intramolecular Hbond substituents is 1. The Labute approximate surface area is 471 Å². The number of aromatic amines is 1. The first kappa shape index (κ1) is 67.3. The lowest BCUT2D eigenvalue weighted by atomic mass is 9.95. The summed E-state index contributed by atoms with van der Waals surface area (Å²) in [4.78, 5) is 119. The first-order chi connectivity index (χ1) is 38.1. The molecule has 0 aliphatic heterocycles. The fraction of sp³-hybridized carbons (Fsp3) is 0.596. The van der Waals surface area contributed by atoms with Crippen molar-refractivity contribution in [1.29, 1.82) is 0 Å². The first-order valence-corrected chi connectivity index (χ1v) is 28.3. The lowest BCUT2D eigenvalue weighted by Crippen LogP contribution is -2.61. The number of imidazole rings is 1. The van der Waals surface area contributed by atoms with E-state index in [0.29, 0.717) is 81.5 Å². The van der Waals surface area contributed by atoms with Gasteiger partial charge in [-0.15, -0.1) is 0 Å². The molecule has 0 saturated carbocycles. The molecule has 3 rings (SSSR count). The molecule has 23 heteroatoms. The van der Waals surface area contributed by atoms with Gasteiger partial charge in [0.1, 0.15) is 48.0 Å². The Bertz CT molecular complexity index is 2400. The quantitative estimate of drug-likeness (QED) is 0.0360. The fourth-order valence-corrected chi connectivity index (χ4v) is 9.00. The molecule has 0 aliphatic rings. The Hall–Kier alpha value is -6.95. The van der Waals surface area contributed by atoms with Crippen LogP contribution in [0.4, 0.5) is 0 Å². The molecule has 0 unspecified atom stereocenters. The van der Waals surface area contributed by atoms with Gasteiger partial charge >= 0.3 is 0 Å². The van der Waals surface area contributed by atoms with Crippen molar-refractivity contribution in [3.63, 3.8) is 0 Å². The summed E-state index contributed by atoms with van der Waals surface area (Å²) in [6.45, 7) is 12.0. The standard InChI is InChI=1S/C57H92N14O9/c1-7-36(6)48(71-54(77)43(21-13-16-28-60)66-52(75)41(19-11-14-26-58)65-51(74)40(61)32-44-49(64-33-63-44)38-17-9-8-10-18-38)57(80)70-46(30-35(4)5)55(78)67-42(20-12-15-27-59)53(76)69-47(31-37-22-24-39(72)25-23-37)56(79)68-45(50(62)73)29-34(2)3/h8-10,17-18,22-25,33-36,40-43,45-48,72H,7,11-16,19-21,26-32,58-61H2,1-6H3,(H2,62,73)(H,63,64)(H,65,74)(H,66,75)(H,67,78)(H,68,79)(H,69,76)(H,70,80)(H,71,77)/t36-,40-,41-,42-,43-,45-,46-,47-,48-/m0/s1. The van der Waals surface area contributed by atoms with Gasteiger partial charge in [-0.05, 0) is 126 Å². The van der Waals surface area contributed by atoms with Gasteiger partial charge in [-0.1, -0.05) is 90.4 Å². The molecule has 8 amide bonds. The monoisotopic (exact) mass is 1120 g/mol. The normalized spacial score (nSPS) is 14.8. The third kappa shape index (κ3) is 23.4. The van der Waals surface area contributed by atoms with Crippen LogP contribution in [0.25, 0.3) is 11.3 Å². The Morgan fingerprint density at radius 2 is 0.975 bits per heavy atom. The maximum absolute atomic E-state index is 14.5. The highest BCUT2D eigenvalue weighted by atomic mass is 16.3. The predicted molar refractivity (Wildman–Crippen MR) is 307 cm³/mol. The molecule has 19 N–H and O–H groups in total. The lowest BCUT2D eigenvalue weighted by molar-refractivity contribution is -0.136. The van der Waals surface area contributed by atoms with Crippen molar-refractivity contribution >= 4 is 47.3 Å².